The first-order valence-electron chi connectivity index (χ1n) is 12.1. The monoisotopic (exact) mass is 451 g/mol. The van der Waals surface area contributed by atoms with E-state index < -0.39 is 11.8 Å². The van der Waals surface area contributed by atoms with Crippen molar-refractivity contribution in [2.75, 3.05) is 18.9 Å². The van der Waals surface area contributed by atoms with Crippen LogP contribution in [-0.2, 0) is 16.0 Å². The lowest BCUT2D eigenvalue weighted by Gasteiger charge is -2.19. The summed E-state index contributed by atoms with van der Waals surface area (Å²) in [7, 11) is 1.77. The molecular formula is C26H37N5O2. The van der Waals surface area contributed by atoms with Crippen molar-refractivity contribution < 1.29 is 9.59 Å². The molecule has 2 heterocycles. The Morgan fingerprint density at radius 1 is 1.18 bits per heavy atom. The maximum absolute atomic E-state index is 13.4. The third-order valence-corrected chi connectivity index (χ3v) is 6.80. The van der Waals surface area contributed by atoms with Crippen molar-refractivity contribution in [3.05, 3.63) is 41.0 Å². The number of rotatable bonds is 7. The van der Waals surface area contributed by atoms with Crippen molar-refractivity contribution in [2.24, 2.45) is 11.3 Å². The van der Waals surface area contributed by atoms with Crippen molar-refractivity contribution in [1.29, 1.82) is 0 Å². The number of carbonyl (C=O) groups is 2. The molecule has 1 saturated carbocycles. The van der Waals surface area contributed by atoms with Gasteiger partial charge < -0.3 is 14.8 Å². The van der Waals surface area contributed by atoms with E-state index in [0.29, 0.717) is 18.4 Å². The van der Waals surface area contributed by atoms with Crippen LogP contribution in [0, 0.1) is 25.2 Å². The first-order valence-corrected chi connectivity index (χ1v) is 12.1. The number of likely N-dealkylation sites (tertiary alicyclic amines) is 1. The normalized spacial score (nSPS) is 21.0. The van der Waals surface area contributed by atoms with Gasteiger partial charge in [0.25, 0.3) is 0 Å². The molecule has 2 aromatic rings. The molecule has 0 bridgehead atoms. The molecule has 1 aliphatic heterocycles. The standard InChI is InChI=1S/C26H37N5O2/c1-16-9-12-20(17(2)14-16)27-24(32)19-15-30(6)25(33)22(19)23-29-28-21(31(23)18-10-11-18)8-7-13-26(3,4)5/h9,12,14,18-19,22H,7-8,10-11,13,15H2,1-6H3,(H,27,32)/t19-,22-/m0/s1. The Kier molecular flexibility index (Phi) is 6.34. The highest BCUT2D eigenvalue weighted by atomic mass is 16.2. The molecule has 2 aliphatic rings. The topological polar surface area (TPSA) is 80.1 Å². The average Bonchev–Trinajstić information content (AvgIpc) is 3.41. The number of hydrogen-bond acceptors (Lipinski definition) is 4. The van der Waals surface area contributed by atoms with Gasteiger partial charge in [-0.1, -0.05) is 38.5 Å². The first kappa shape index (κ1) is 23.5. The van der Waals surface area contributed by atoms with Gasteiger partial charge in [0.05, 0.1) is 5.92 Å². The van der Waals surface area contributed by atoms with Gasteiger partial charge in [-0.15, -0.1) is 10.2 Å². The molecule has 4 rings (SSSR count). The Morgan fingerprint density at radius 3 is 2.55 bits per heavy atom. The van der Waals surface area contributed by atoms with Crippen LogP contribution in [0.25, 0.3) is 0 Å². The second-order valence-electron chi connectivity index (χ2n) is 11.1. The molecule has 178 valence electrons. The zero-order valence-electron chi connectivity index (χ0n) is 20.8. The van der Waals surface area contributed by atoms with E-state index in [1.54, 1.807) is 11.9 Å². The lowest BCUT2D eigenvalue weighted by Crippen LogP contribution is -2.30. The van der Waals surface area contributed by atoms with Crippen molar-refractivity contribution in [3.63, 3.8) is 0 Å². The molecule has 2 fully saturated rings. The summed E-state index contributed by atoms with van der Waals surface area (Å²) in [5, 5.41) is 12.1. The number of aromatic nitrogens is 3. The second kappa shape index (κ2) is 8.92. The molecule has 33 heavy (non-hydrogen) atoms. The fraction of sp³-hybridized carbons (Fsp3) is 0.615. The van der Waals surface area contributed by atoms with Crippen LogP contribution >= 0.6 is 0 Å². The fourth-order valence-corrected chi connectivity index (χ4v) is 4.83. The Balaban J connectivity index is 1.59. The van der Waals surface area contributed by atoms with E-state index in [-0.39, 0.29) is 17.2 Å². The van der Waals surface area contributed by atoms with Crippen LogP contribution in [0.5, 0.6) is 0 Å². The number of nitrogens with one attached hydrogen (secondary N) is 1. The number of benzene rings is 1. The number of hydrogen-bond donors (Lipinski definition) is 1. The molecule has 1 saturated heterocycles. The van der Waals surface area contributed by atoms with Gasteiger partial charge in [-0.25, -0.2) is 0 Å². The van der Waals surface area contributed by atoms with Gasteiger partial charge in [0, 0.05) is 31.7 Å². The van der Waals surface area contributed by atoms with Gasteiger partial charge in [0.15, 0.2) is 0 Å². The summed E-state index contributed by atoms with van der Waals surface area (Å²) in [6.07, 6.45) is 5.13. The molecule has 2 amide bonds. The molecule has 1 aromatic heterocycles. The summed E-state index contributed by atoms with van der Waals surface area (Å²) < 4.78 is 2.18. The molecule has 1 aliphatic carbocycles. The van der Waals surface area contributed by atoms with Crippen molar-refractivity contribution in [3.8, 4) is 0 Å². The third-order valence-electron chi connectivity index (χ3n) is 6.80. The Labute approximate surface area is 197 Å². The van der Waals surface area contributed by atoms with Gasteiger partial charge in [-0.3, -0.25) is 9.59 Å². The SMILES string of the molecule is Cc1ccc(NC(=O)[C@H]2CN(C)C(=O)[C@@H]2c2nnc(CCCC(C)(C)C)n2C2CC2)c(C)c1. The highest BCUT2D eigenvalue weighted by molar-refractivity contribution is 6.00. The summed E-state index contributed by atoms with van der Waals surface area (Å²) in [5.41, 5.74) is 3.22. The highest BCUT2D eigenvalue weighted by Crippen LogP contribution is 2.42. The molecular weight excluding hydrogens is 414 g/mol. The van der Waals surface area contributed by atoms with E-state index in [4.69, 9.17) is 0 Å². The summed E-state index contributed by atoms with van der Waals surface area (Å²) in [5.74, 6) is 0.346. The number of carbonyl (C=O) groups excluding carboxylic acids is 2. The van der Waals surface area contributed by atoms with Gasteiger partial charge >= 0.3 is 0 Å². The van der Waals surface area contributed by atoms with E-state index in [9.17, 15) is 9.59 Å². The summed E-state index contributed by atoms with van der Waals surface area (Å²) in [6, 6.07) is 6.31. The van der Waals surface area contributed by atoms with Crippen LogP contribution in [0.2, 0.25) is 0 Å². The average molecular weight is 452 g/mol. The molecule has 0 unspecified atom stereocenters. The smallest absolute Gasteiger partial charge is 0.234 e. The van der Waals surface area contributed by atoms with Crippen LogP contribution in [-0.4, -0.2) is 45.1 Å². The Morgan fingerprint density at radius 2 is 1.91 bits per heavy atom. The van der Waals surface area contributed by atoms with Crippen molar-refractivity contribution in [1.82, 2.24) is 19.7 Å². The van der Waals surface area contributed by atoms with Gasteiger partial charge in [0.1, 0.15) is 17.6 Å². The molecule has 1 N–H and O–H groups in total. The van der Waals surface area contributed by atoms with Crippen molar-refractivity contribution in [2.45, 2.75) is 78.7 Å². The summed E-state index contributed by atoms with van der Waals surface area (Å²) in [4.78, 5) is 28.2. The number of aryl methyl sites for hydroxylation is 3. The predicted octanol–water partition coefficient (Wildman–Crippen LogP) is 4.41. The van der Waals surface area contributed by atoms with E-state index in [2.05, 4.69) is 40.9 Å². The summed E-state index contributed by atoms with van der Waals surface area (Å²) >= 11 is 0. The molecule has 1 aromatic carbocycles. The van der Waals surface area contributed by atoms with Gasteiger partial charge in [0.2, 0.25) is 11.8 Å². The minimum Gasteiger partial charge on any atom is -0.344 e. The minimum absolute atomic E-state index is 0.0497. The van der Waals surface area contributed by atoms with Crippen LogP contribution < -0.4 is 5.32 Å². The van der Waals surface area contributed by atoms with Crippen LogP contribution in [0.4, 0.5) is 5.69 Å². The molecule has 0 radical (unpaired) electrons. The zero-order valence-corrected chi connectivity index (χ0v) is 20.8. The molecule has 7 heteroatoms. The maximum Gasteiger partial charge on any atom is 0.234 e. The molecule has 7 nitrogen and oxygen atoms in total. The quantitative estimate of drug-likeness (QED) is 0.676. The fourth-order valence-electron chi connectivity index (χ4n) is 4.83. The Bertz CT molecular complexity index is 1050. The number of amides is 2. The largest absolute Gasteiger partial charge is 0.344 e. The van der Waals surface area contributed by atoms with E-state index in [0.717, 1.165) is 54.7 Å². The Hall–Kier alpha value is -2.70. The maximum atomic E-state index is 13.4. The first-order chi connectivity index (χ1) is 15.5. The van der Waals surface area contributed by atoms with Gasteiger partial charge in [-0.2, -0.15) is 0 Å². The summed E-state index contributed by atoms with van der Waals surface area (Å²) in [6.45, 7) is 11.1. The van der Waals surface area contributed by atoms with E-state index in [1.165, 1.54) is 0 Å². The second-order valence-corrected chi connectivity index (χ2v) is 11.1. The minimum atomic E-state index is -0.592. The van der Waals surface area contributed by atoms with Crippen molar-refractivity contribution >= 4 is 17.5 Å². The number of likely N-dealkylation sites (N-methyl/N-ethyl adjacent to an activating group) is 1. The van der Waals surface area contributed by atoms with Gasteiger partial charge in [-0.05, 0) is 56.6 Å². The third kappa shape index (κ3) is 5.12. The van der Waals surface area contributed by atoms with Crippen LogP contribution in [0.3, 0.4) is 0 Å². The molecule has 0 spiro atoms. The van der Waals surface area contributed by atoms with Crippen LogP contribution in [0.1, 0.15) is 81.2 Å². The zero-order chi connectivity index (χ0) is 23.9. The number of nitrogens with zero attached hydrogens (tertiary/aromatic N) is 4. The lowest BCUT2D eigenvalue weighted by molar-refractivity contribution is -0.129. The number of anilines is 1. The predicted molar refractivity (Wildman–Crippen MR) is 129 cm³/mol. The highest BCUT2D eigenvalue weighted by Gasteiger charge is 2.48. The lowest BCUT2D eigenvalue weighted by atomic mass is 9.90. The molecule has 2 atom stereocenters. The van der Waals surface area contributed by atoms with E-state index >= 15 is 0 Å². The van der Waals surface area contributed by atoms with Crippen LogP contribution in [0.15, 0.2) is 18.2 Å². The van der Waals surface area contributed by atoms with E-state index in [1.807, 2.05) is 32.0 Å².